The molecule has 0 radical (unpaired) electrons. The zero-order chi connectivity index (χ0) is 93.2. The molecule has 0 aromatic rings. The number of nitrogens with one attached hydrogen (secondary N) is 6. The number of hydrogen-bond donors (Lipinski definition) is 10. The van der Waals surface area contributed by atoms with E-state index in [9.17, 15) is 10.2 Å². The molecule has 712 valence electrons. The second kappa shape index (κ2) is 50.6. The molecule has 0 saturated carbocycles. The van der Waals surface area contributed by atoms with Crippen LogP contribution in [0, 0.1) is 0 Å². The van der Waals surface area contributed by atoms with Crippen LogP contribution in [0.2, 0.25) is 260 Å². The van der Waals surface area contributed by atoms with Crippen molar-refractivity contribution < 1.29 is 85.0 Å². The van der Waals surface area contributed by atoms with Crippen LogP contribution >= 0.6 is 0 Å². The number of likely N-dealkylation sites (N-methyl/N-ethyl adjacent to an activating group) is 2. The van der Waals surface area contributed by atoms with Crippen LogP contribution in [0.15, 0.2) is 0 Å². The molecule has 0 fully saturated rings. The van der Waals surface area contributed by atoms with Crippen molar-refractivity contribution >= 4 is 153 Å². The van der Waals surface area contributed by atoms with Crippen LogP contribution in [-0.4, -0.2) is 329 Å². The van der Waals surface area contributed by atoms with E-state index in [1.54, 1.807) is 0 Å². The number of hydrogen-bond acceptors (Lipinski definition) is 26. The molecule has 12 N–H and O–H groups in total. The van der Waals surface area contributed by atoms with E-state index >= 15 is 0 Å². The summed E-state index contributed by atoms with van der Waals surface area (Å²) in [7, 11) is -32.8. The Morgan fingerprint density at radius 2 is 0.407 bits per heavy atom. The molecule has 0 saturated heterocycles. The Hall–Kier alpha value is 2.78. The van der Waals surface area contributed by atoms with Crippen LogP contribution in [-0.2, 0) is 65.8 Å². The van der Waals surface area contributed by atoms with Gasteiger partial charge in [-0.2, -0.15) is 0 Å². The van der Waals surface area contributed by atoms with Crippen LogP contribution in [0.3, 0.4) is 0 Å². The van der Waals surface area contributed by atoms with Gasteiger partial charge < -0.3 is 128 Å². The highest BCUT2D eigenvalue weighted by molar-refractivity contribution is 6.95. The molecular weight excluding hydrogens is 1800 g/mol. The Kier molecular flexibility index (Phi) is 52.7. The minimum atomic E-state index is -2.80. The highest BCUT2D eigenvalue weighted by Gasteiger charge is 2.55. The Morgan fingerprint density at radius 1 is 0.246 bits per heavy atom. The summed E-state index contributed by atoms with van der Waals surface area (Å²) >= 11 is 0. The topological polar surface area (TPSA) is 312 Å². The molecule has 0 aromatic carbocycles. The predicted molar refractivity (Wildman–Crippen MR) is 541 cm³/mol. The van der Waals surface area contributed by atoms with Crippen molar-refractivity contribution in [3.05, 3.63) is 0 Å². The lowest BCUT2D eigenvalue weighted by molar-refractivity contribution is -0.873. The average Bonchev–Trinajstić information content (AvgIpc) is 0.791. The van der Waals surface area contributed by atoms with Crippen molar-refractivity contribution in [3.63, 3.8) is 0 Å². The molecule has 0 aliphatic heterocycles. The molecule has 0 amide bonds. The Morgan fingerprint density at radius 3 is 0.568 bits per heavy atom. The Labute approximate surface area is 746 Å². The maximum Gasteiger partial charge on any atom is 0.317 e. The van der Waals surface area contributed by atoms with Gasteiger partial charge in [-0.3, -0.25) is 0 Å². The number of nitrogens with zero attached hydrogens (tertiary/aromatic N) is 2. The van der Waals surface area contributed by atoms with E-state index in [4.69, 9.17) is 77.3 Å². The van der Waals surface area contributed by atoms with E-state index in [1.807, 2.05) is 13.8 Å². The molecule has 10 unspecified atom stereocenters. The number of rotatable bonds is 66. The minimum Gasteiger partial charge on any atom is -0.437 e. The third-order valence-electron chi connectivity index (χ3n) is 16.6. The molecule has 0 aliphatic rings. The maximum atomic E-state index is 10.4. The van der Waals surface area contributed by atoms with E-state index in [1.165, 1.54) is 0 Å². The van der Waals surface area contributed by atoms with E-state index in [0.717, 1.165) is 111 Å². The number of aliphatic hydroxyl groups excluding tert-OH is 2. The molecule has 0 aromatic heterocycles. The monoisotopic (exact) mass is 1990 g/mol. The van der Waals surface area contributed by atoms with Crippen molar-refractivity contribution in [2.75, 3.05) is 121 Å². The van der Waals surface area contributed by atoms with Crippen molar-refractivity contribution in [3.8, 4) is 0 Å². The van der Waals surface area contributed by atoms with Crippen LogP contribution in [0.1, 0.15) is 53.4 Å². The van der Waals surface area contributed by atoms with Crippen molar-refractivity contribution in [1.82, 2.24) is 31.9 Å². The van der Waals surface area contributed by atoms with E-state index < -0.39 is 153 Å². The van der Waals surface area contributed by atoms with Crippen molar-refractivity contribution in [2.45, 2.75) is 350 Å². The lowest BCUT2D eigenvalue weighted by Gasteiger charge is -2.45. The zero-order valence-corrected chi connectivity index (χ0v) is 103. The van der Waals surface area contributed by atoms with E-state index in [0.29, 0.717) is 26.2 Å². The fraction of sp³-hybridized carbons (Fsp3) is 1.00. The van der Waals surface area contributed by atoms with Crippen molar-refractivity contribution in [2.24, 2.45) is 11.5 Å². The fourth-order valence-electron chi connectivity index (χ4n) is 15.8. The summed E-state index contributed by atoms with van der Waals surface area (Å²) in [6.07, 6.45) is 2.87. The summed E-state index contributed by atoms with van der Waals surface area (Å²) in [5.41, 5.74) is 12.0. The van der Waals surface area contributed by atoms with Gasteiger partial charge >= 0.3 is 120 Å². The predicted octanol–water partition coefficient (Wildman–Crippen LogP) is 13.6. The second-order valence-corrected chi connectivity index (χ2v) is 114. The molecule has 10 atom stereocenters. The van der Waals surface area contributed by atoms with Crippen LogP contribution < -0.4 is 43.4 Å². The molecule has 0 rings (SSSR count). The van der Waals surface area contributed by atoms with Gasteiger partial charge in [0.25, 0.3) is 0 Å². The average molecular weight is 2000 g/mol. The van der Waals surface area contributed by atoms with Gasteiger partial charge in [-0.15, -0.1) is 0 Å². The Balaban J connectivity index is 0. The number of aliphatic hydroxyl groups is 2. The molecule has 0 aliphatic carbocycles. The normalized spacial score (nSPS) is 18.1. The fourth-order valence-corrected chi connectivity index (χ4v) is 106. The third-order valence-corrected chi connectivity index (χ3v) is 84.5. The highest BCUT2D eigenvalue weighted by Crippen LogP contribution is 2.36. The van der Waals surface area contributed by atoms with Gasteiger partial charge in [0.05, 0.1) is 42.3 Å². The van der Waals surface area contributed by atoms with Crippen LogP contribution in [0.5, 0.6) is 0 Å². The second-order valence-electron chi connectivity index (χ2n) is 44.7. The van der Waals surface area contributed by atoms with Gasteiger partial charge in [-0.1, -0.05) is 0 Å². The van der Waals surface area contributed by atoms with Gasteiger partial charge in [0.2, 0.25) is 0 Å². The smallest absolute Gasteiger partial charge is 0.317 e. The quantitative estimate of drug-likeness (QED) is 0.0154. The highest BCUT2D eigenvalue weighted by atomic mass is 28.5. The van der Waals surface area contributed by atoms with Gasteiger partial charge in [0.15, 0.2) is 33.3 Å². The van der Waals surface area contributed by atoms with Crippen molar-refractivity contribution in [1.29, 1.82) is 0 Å². The lowest BCUT2D eigenvalue weighted by Crippen LogP contribution is -2.63. The van der Waals surface area contributed by atoms with Gasteiger partial charge in [0.1, 0.15) is 25.3 Å². The molecule has 0 heterocycles. The molecular formula is C72H196N10O18Si18+2. The first-order valence-corrected chi connectivity index (χ1v) is 96.0. The standard InChI is InChI=1S/2C36H98N5O9Si9/c2*1-34(37)30-38-26-24-28-58(22,47-53(12,13)43-51(6,7)8)49-56(18,19)45-55(16,17)46-57(20,21)50-59(23,48-54(14,15)44-52(9,10)11)29-25-27-39-31-35(2)40-32-36(42)33-41(3,4)5/h2*34-36,38-40,42H,24-33,37H2,1-23H3/q2*+1. The summed E-state index contributed by atoms with van der Waals surface area (Å²) in [5.74, 6) is 0. The number of quaternary nitrogens is 2. The first kappa shape index (κ1) is 123. The SMILES string of the molecule is CC(N)CNCCC[Si](C)(O[Si](C)(C)O[Si](C)(C)C)O[Si](C)(C)O[Si](C)(C)O[Si](C)(C)O[Si](C)(CCCNCC(C)NCC(O)C[N+](C)(C)C)O[Si](C)(C)O[Si](C)(C)C.CC(N)CNCCC[Si](C)(O[Si](C)(C)O[Si](C)(C)C)O[Si](C)(C)O[Si](C)(C)O[Si](C)(C)O[Si](C)(CCCNCC(C)NCC(O)C[N+](C)(C)C)O[Si](C)(C)O[Si](C)(C)C. The van der Waals surface area contributed by atoms with Crippen LogP contribution in [0.25, 0.3) is 0 Å². The molecule has 118 heavy (non-hydrogen) atoms. The summed E-state index contributed by atoms with van der Waals surface area (Å²) in [5, 5.41) is 42.0. The Bertz CT molecular complexity index is 2600. The van der Waals surface area contributed by atoms with Crippen LogP contribution in [0.4, 0.5) is 0 Å². The molecule has 28 nitrogen and oxygen atoms in total. The molecule has 0 bridgehead atoms. The summed E-state index contributed by atoms with van der Waals surface area (Å²) in [4.78, 5) is 0. The lowest BCUT2D eigenvalue weighted by atomic mass is 10.2. The zero-order valence-electron chi connectivity index (χ0n) is 85.1. The van der Waals surface area contributed by atoms with Gasteiger partial charge in [-0.25, -0.2) is 0 Å². The summed E-state index contributed by atoms with van der Waals surface area (Å²) < 4.78 is 113. The first-order valence-electron chi connectivity index (χ1n) is 44.1. The number of nitrogens with two attached hydrogens (primary N) is 2. The third kappa shape index (κ3) is 68.8. The summed E-state index contributed by atoms with van der Waals surface area (Å²) in [6, 6.07) is 3.93. The first-order chi connectivity index (χ1) is 52.1. The van der Waals surface area contributed by atoms with E-state index in [-0.39, 0.29) is 36.4 Å². The summed E-state index contributed by atoms with van der Waals surface area (Å²) in [6.45, 7) is 95.4. The largest absolute Gasteiger partial charge is 0.437 e. The minimum absolute atomic E-state index is 0.106. The molecule has 46 heteroatoms. The van der Waals surface area contributed by atoms with E-state index in [2.05, 4.69) is 324 Å². The van der Waals surface area contributed by atoms with Gasteiger partial charge in [-0.05, 0) is 339 Å². The molecule has 0 spiro atoms. The van der Waals surface area contributed by atoms with Gasteiger partial charge in [0, 0.05) is 63.4 Å². The maximum absolute atomic E-state index is 10.4.